The number of carboxylic acid groups (broad SMARTS) is 1. The maximum Gasteiger partial charge on any atom is 0.353 e. The van der Waals surface area contributed by atoms with Crippen LogP contribution in [0, 0.1) is 0 Å². The summed E-state index contributed by atoms with van der Waals surface area (Å²) in [4.78, 5) is 42.3. The van der Waals surface area contributed by atoms with Crippen LogP contribution in [0.25, 0.3) is 0 Å². The van der Waals surface area contributed by atoms with E-state index in [0.29, 0.717) is 11.3 Å². The van der Waals surface area contributed by atoms with Crippen LogP contribution in [-0.4, -0.2) is 55.8 Å². The Morgan fingerprint density at radius 3 is 2.65 bits per heavy atom. The fourth-order valence-corrected chi connectivity index (χ4v) is 5.21. The van der Waals surface area contributed by atoms with Gasteiger partial charge in [0, 0.05) is 4.91 Å². The van der Waals surface area contributed by atoms with E-state index in [4.69, 9.17) is 34.7 Å². The van der Waals surface area contributed by atoms with Gasteiger partial charge < -0.3 is 27.1 Å². The molecule has 1 fully saturated rings. The van der Waals surface area contributed by atoms with Gasteiger partial charge in [0.05, 0.1) is 11.1 Å². The Hall–Kier alpha value is -2.13. The van der Waals surface area contributed by atoms with Crippen LogP contribution < -0.4 is 16.8 Å². The third-order valence-electron chi connectivity index (χ3n) is 4.46. The lowest BCUT2D eigenvalue weighted by Gasteiger charge is -2.50. The molecule has 2 aliphatic rings. The third-order valence-corrected chi connectivity index (χ3v) is 7.32. The molecule has 0 aromatic carbocycles. The maximum absolute atomic E-state index is 12.7. The Balaban J connectivity index is 1.81. The van der Waals surface area contributed by atoms with E-state index in [-0.39, 0.29) is 36.7 Å². The van der Waals surface area contributed by atoms with E-state index >= 15 is 0 Å². The normalized spacial score (nSPS) is 22.0. The quantitative estimate of drug-likeness (QED) is 0.105. The first-order chi connectivity index (χ1) is 14.6. The number of thiazole rings is 1. The SMILES string of the molecule is N/C(SC1=C(C(=O)O)N2C(=O)[C@@H](NC(=O)/C(=N\O)c3nc(N)sc3Cl)[C@H]2CC1)=C(\S)Cl. The van der Waals surface area contributed by atoms with Gasteiger partial charge in [-0.15, -0.1) is 12.6 Å². The highest BCUT2D eigenvalue weighted by Gasteiger charge is 2.54. The number of nitrogens with zero attached hydrogens (tertiary/aromatic N) is 3. The zero-order valence-corrected chi connectivity index (χ0v) is 19.2. The molecule has 2 amide bonds. The molecule has 1 saturated heterocycles. The Morgan fingerprint density at radius 2 is 2.13 bits per heavy atom. The topological polar surface area (TPSA) is 184 Å². The first kappa shape index (κ1) is 23.5. The van der Waals surface area contributed by atoms with Crippen LogP contribution in [0.2, 0.25) is 4.34 Å². The van der Waals surface area contributed by atoms with Gasteiger partial charge in [-0.3, -0.25) is 14.5 Å². The van der Waals surface area contributed by atoms with Crippen LogP contribution in [0.1, 0.15) is 18.5 Å². The van der Waals surface area contributed by atoms with E-state index in [2.05, 4.69) is 28.1 Å². The first-order valence-electron chi connectivity index (χ1n) is 8.33. The molecule has 0 spiro atoms. The highest BCUT2D eigenvalue weighted by Crippen LogP contribution is 2.43. The van der Waals surface area contributed by atoms with Gasteiger partial charge in [0.1, 0.15) is 26.1 Å². The Morgan fingerprint density at radius 1 is 1.45 bits per heavy atom. The number of carboxylic acids is 1. The molecule has 2 atom stereocenters. The van der Waals surface area contributed by atoms with Crippen molar-refractivity contribution < 1.29 is 24.7 Å². The predicted molar refractivity (Wildman–Crippen MR) is 120 cm³/mol. The van der Waals surface area contributed by atoms with Crippen molar-refractivity contribution in [2.24, 2.45) is 10.9 Å². The summed E-state index contributed by atoms with van der Waals surface area (Å²) >= 11 is 17.4. The van der Waals surface area contributed by atoms with Crippen LogP contribution in [0.3, 0.4) is 0 Å². The molecule has 31 heavy (non-hydrogen) atoms. The number of fused-ring (bicyclic) bond motifs is 1. The van der Waals surface area contributed by atoms with Crippen LogP contribution in [0.15, 0.2) is 25.2 Å². The third kappa shape index (κ3) is 4.43. The van der Waals surface area contributed by atoms with E-state index in [1.54, 1.807) is 0 Å². The van der Waals surface area contributed by atoms with Gasteiger partial charge in [0.15, 0.2) is 10.8 Å². The fourth-order valence-electron chi connectivity index (χ4n) is 3.18. The molecule has 2 aliphatic heterocycles. The molecule has 166 valence electrons. The number of aliphatic carboxylic acids is 1. The summed E-state index contributed by atoms with van der Waals surface area (Å²) in [5.41, 5.74) is 10.4. The minimum atomic E-state index is -1.32. The summed E-state index contributed by atoms with van der Waals surface area (Å²) in [6.07, 6.45) is 0.629. The minimum absolute atomic E-state index is 0.00148. The van der Waals surface area contributed by atoms with Crippen molar-refractivity contribution in [3.8, 4) is 0 Å². The van der Waals surface area contributed by atoms with E-state index in [0.717, 1.165) is 28.0 Å². The van der Waals surface area contributed by atoms with Gasteiger partial charge in [-0.25, -0.2) is 9.78 Å². The number of aromatic nitrogens is 1. The second-order valence-electron chi connectivity index (χ2n) is 6.22. The number of halogens is 2. The number of nitrogen functional groups attached to an aromatic ring is 1. The lowest BCUT2D eigenvalue weighted by atomic mass is 9.86. The number of hydrogen-bond acceptors (Lipinski definition) is 11. The molecular weight excluding hydrogens is 511 g/mol. The summed E-state index contributed by atoms with van der Waals surface area (Å²) < 4.78 is 0.0348. The Bertz CT molecular complexity index is 1070. The number of hydrogen-bond donors (Lipinski definition) is 6. The number of nitrogens with one attached hydrogen (secondary N) is 1. The number of anilines is 1. The zero-order valence-electron chi connectivity index (χ0n) is 15.2. The number of thioether (sulfide) groups is 1. The summed E-state index contributed by atoms with van der Waals surface area (Å²) in [6, 6.07) is -1.64. The largest absolute Gasteiger partial charge is 0.477 e. The number of allylic oxidation sites excluding steroid dienone is 1. The van der Waals surface area contributed by atoms with Gasteiger partial charge >= 0.3 is 5.97 Å². The van der Waals surface area contributed by atoms with E-state index in [1.165, 1.54) is 0 Å². The second-order valence-corrected chi connectivity index (χ2v) is 10.1. The number of carbonyl (C=O) groups excluding carboxylic acids is 2. The van der Waals surface area contributed by atoms with Crippen LogP contribution in [0.5, 0.6) is 0 Å². The van der Waals surface area contributed by atoms with E-state index in [9.17, 15) is 24.7 Å². The number of amides is 2. The van der Waals surface area contributed by atoms with Crippen LogP contribution >= 0.6 is 58.9 Å². The van der Waals surface area contributed by atoms with Gasteiger partial charge in [-0.05, 0) is 12.8 Å². The Labute approximate surface area is 198 Å². The minimum Gasteiger partial charge on any atom is -0.477 e. The molecule has 1 aromatic heterocycles. The smallest absolute Gasteiger partial charge is 0.353 e. The molecule has 0 aliphatic carbocycles. The Kier molecular flexibility index (Phi) is 6.95. The van der Waals surface area contributed by atoms with Crippen molar-refractivity contribution in [2.75, 3.05) is 5.73 Å². The monoisotopic (exact) mass is 524 g/mol. The molecule has 0 unspecified atom stereocenters. The lowest BCUT2D eigenvalue weighted by Crippen LogP contribution is -2.72. The van der Waals surface area contributed by atoms with Gasteiger partial charge in [-0.1, -0.05) is 51.5 Å². The molecule has 11 nitrogen and oxygen atoms in total. The standard InChI is InChI=1S/C15H14Cl2N6O5S3/c16-9(29)11(18)30-4-2-1-3-5(13(25)23(3)8(4)14(26)27)20-12(24)7(22-28)6-10(17)31-15(19)21-6/h3,5,28-29H,1-2,18H2,(H2,19,21)(H,20,24)(H,26,27)/b11-9+,22-7-/t3-,5+/m1/s1. The van der Waals surface area contributed by atoms with E-state index in [1.807, 2.05) is 0 Å². The number of rotatable bonds is 6. The van der Waals surface area contributed by atoms with Crippen molar-refractivity contribution in [1.29, 1.82) is 0 Å². The summed E-state index contributed by atoms with van der Waals surface area (Å²) in [6.45, 7) is 0. The van der Waals surface area contributed by atoms with Crippen molar-refractivity contribution in [3.63, 3.8) is 0 Å². The molecule has 7 N–H and O–H groups in total. The van der Waals surface area contributed by atoms with Crippen molar-refractivity contribution in [2.45, 2.75) is 24.9 Å². The van der Waals surface area contributed by atoms with Gasteiger partial charge in [-0.2, -0.15) is 0 Å². The van der Waals surface area contributed by atoms with Crippen LogP contribution in [-0.2, 0) is 14.4 Å². The molecule has 1 aromatic rings. The molecule has 0 saturated carbocycles. The number of oxime groups is 1. The average molecular weight is 525 g/mol. The molecule has 0 radical (unpaired) electrons. The van der Waals surface area contributed by atoms with Gasteiger partial charge in [0.25, 0.3) is 11.8 Å². The number of β-lactam (4-membered cyclic amide) rings is 1. The summed E-state index contributed by atoms with van der Waals surface area (Å²) in [5.74, 6) is -2.88. The van der Waals surface area contributed by atoms with Crippen molar-refractivity contribution in [3.05, 3.63) is 30.0 Å². The molecule has 16 heteroatoms. The molecule has 3 rings (SSSR count). The summed E-state index contributed by atoms with van der Waals surface area (Å²) in [7, 11) is 0. The first-order valence-corrected chi connectivity index (χ1v) is 11.2. The molecule has 0 bridgehead atoms. The average Bonchev–Trinajstić information content (AvgIpc) is 3.03. The highest BCUT2D eigenvalue weighted by molar-refractivity contribution is 8.07. The predicted octanol–water partition coefficient (Wildman–Crippen LogP) is 1.33. The van der Waals surface area contributed by atoms with E-state index < -0.39 is 35.6 Å². The van der Waals surface area contributed by atoms with Crippen LogP contribution in [0.4, 0.5) is 5.13 Å². The number of nitrogens with two attached hydrogens (primary N) is 2. The van der Waals surface area contributed by atoms with Gasteiger partial charge in [0.2, 0.25) is 0 Å². The highest BCUT2D eigenvalue weighted by atomic mass is 35.5. The fraction of sp³-hybridized carbons (Fsp3) is 0.267. The molecule has 3 heterocycles. The van der Waals surface area contributed by atoms with Crippen molar-refractivity contribution in [1.82, 2.24) is 15.2 Å². The second kappa shape index (κ2) is 9.16. The maximum atomic E-state index is 12.7. The molecular formula is C15H14Cl2N6O5S3. The zero-order chi connectivity index (χ0) is 23.0. The van der Waals surface area contributed by atoms with Crippen molar-refractivity contribution >= 4 is 87.6 Å². The number of carbonyl (C=O) groups is 3. The summed E-state index contributed by atoms with van der Waals surface area (Å²) in [5, 5.41) is 24.4. The lowest BCUT2D eigenvalue weighted by molar-refractivity contribution is -0.155. The number of thiol groups is 1.